The molecule has 1 unspecified atom stereocenters. The number of amides is 1. The van der Waals surface area contributed by atoms with Crippen LogP contribution in [-0.4, -0.2) is 26.4 Å². The maximum absolute atomic E-state index is 12.2. The van der Waals surface area contributed by atoms with Crippen molar-refractivity contribution in [1.29, 1.82) is 0 Å². The number of allylic oxidation sites excluding steroid dienone is 1. The van der Waals surface area contributed by atoms with Crippen LogP contribution in [0.4, 0.5) is 0 Å². The number of carbonyl (C=O) groups excluding carboxylic acids is 1. The van der Waals surface area contributed by atoms with Crippen LogP contribution in [0.1, 0.15) is 24.5 Å². The fraction of sp³-hybridized carbons (Fsp3) is 0.278. The summed E-state index contributed by atoms with van der Waals surface area (Å²) >= 11 is 1.33. The van der Waals surface area contributed by atoms with E-state index in [-0.39, 0.29) is 17.7 Å². The van der Waals surface area contributed by atoms with E-state index in [0.717, 1.165) is 17.1 Å². The molecule has 7 nitrogen and oxygen atoms in total. The molecule has 3 aromatic heterocycles. The third-order valence-electron chi connectivity index (χ3n) is 3.81. The molecule has 0 bridgehead atoms. The molecule has 0 radical (unpaired) electrons. The highest BCUT2D eigenvalue weighted by atomic mass is 32.2. The topological polar surface area (TPSA) is 86.1 Å². The van der Waals surface area contributed by atoms with Gasteiger partial charge < -0.3 is 14.2 Å². The smallest absolute Gasteiger partial charge is 0.231 e. The highest BCUT2D eigenvalue weighted by Gasteiger charge is 2.18. The van der Waals surface area contributed by atoms with Gasteiger partial charge in [0.15, 0.2) is 11.0 Å². The van der Waals surface area contributed by atoms with Crippen LogP contribution in [0, 0.1) is 6.92 Å². The fourth-order valence-corrected chi connectivity index (χ4v) is 3.29. The summed E-state index contributed by atoms with van der Waals surface area (Å²) in [4.78, 5) is 12.2. The van der Waals surface area contributed by atoms with Gasteiger partial charge in [-0.25, -0.2) is 0 Å². The summed E-state index contributed by atoms with van der Waals surface area (Å²) < 4.78 is 12.6. The Kier molecular flexibility index (Phi) is 5.62. The van der Waals surface area contributed by atoms with Gasteiger partial charge in [-0.1, -0.05) is 17.8 Å². The van der Waals surface area contributed by atoms with Crippen molar-refractivity contribution in [3.63, 3.8) is 0 Å². The van der Waals surface area contributed by atoms with E-state index in [0.29, 0.717) is 17.5 Å². The Balaban J connectivity index is 1.68. The quantitative estimate of drug-likeness (QED) is 0.480. The summed E-state index contributed by atoms with van der Waals surface area (Å²) in [5, 5.41) is 12.0. The van der Waals surface area contributed by atoms with Crippen LogP contribution in [0.25, 0.3) is 11.4 Å². The number of hydrogen-bond donors (Lipinski definition) is 1. The molecule has 0 aliphatic rings. The molecule has 3 heterocycles. The van der Waals surface area contributed by atoms with E-state index in [4.69, 9.17) is 8.83 Å². The molecule has 0 fully saturated rings. The average Bonchev–Trinajstić information content (AvgIpc) is 3.34. The van der Waals surface area contributed by atoms with Crippen LogP contribution in [0.2, 0.25) is 0 Å². The number of carbonyl (C=O) groups is 1. The third kappa shape index (κ3) is 3.91. The predicted molar refractivity (Wildman–Crippen MR) is 98.6 cm³/mol. The summed E-state index contributed by atoms with van der Waals surface area (Å²) in [5.74, 6) is 2.31. The van der Waals surface area contributed by atoms with Gasteiger partial charge in [0.1, 0.15) is 11.5 Å². The zero-order chi connectivity index (χ0) is 18.5. The highest BCUT2D eigenvalue weighted by Crippen LogP contribution is 2.27. The molecule has 0 saturated carbocycles. The molecule has 3 aromatic rings. The SMILES string of the molecule is C=CCn1c(SCC(=O)NC(C)c2ccco2)nnc1-c1ccoc1C. The van der Waals surface area contributed by atoms with Crippen LogP contribution < -0.4 is 5.32 Å². The number of aryl methyl sites for hydroxylation is 1. The van der Waals surface area contributed by atoms with E-state index in [2.05, 4.69) is 22.1 Å². The Morgan fingerprint density at radius 3 is 2.88 bits per heavy atom. The second kappa shape index (κ2) is 8.09. The second-order valence-corrected chi connectivity index (χ2v) is 6.63. The van der Waals surface area contributed by atoms with Crippen molar-refractivity contribution in [2.75, 3.05) is 5.75 Å². The zero-order valence-corrected chi connectivity index (χ0v) is 15.5. The Morgan fingerprint density at radius 2 is 2.23 bits per heavy atom. The van der Waals surface area contributed by atoms with Crippen molar-refractivity contribution >= 4 is 17.7 Å². The lowest BCUT2D eigenvalue weighted by Gasteiger charge is -2.11. The zero-order valence-electron chi connectivity index (χ0n) is 14.6. The number of aromatic nitrogens is 3. The highest BCUT2D eigenvalue weighted by molar-refractivity contribution is 7.99. The van der Waals surface area contributed by atoms with E-state index in [9.17, 15) is 4.79 Å². The van der Waals surface area contributed by atoms with E-state index in [1.807, 2.05) is 30.5 Å². The number of hydrogen-bond acceptors (Lipinski definition) is 6. The van der Waals surface area contributed by atoms with E-state index < -0.39 is 0 Å². The van der Waals surface area contributed by atoms with Crippen LogP contribution >= 0.6 is 11.8 Å². The van der Waals surface area contributed by atoms with Crippen LogP contribution in [0.3, 0.4) is 0 Å². The van der Waals surface area contributed by atoms with Crippen molar-refractivity contribution in [2.24, 2.45) is 0 Å². The minimum atomic E-state index is -0.187. The predicted octanol–water partition coefficient (Wildman–Crippen LogP) is 3.60. The first kappa shape index (κ1) is 18.1. The molecule has 26 heavy (non-hydrogen) atoms. The van der Waals surface area contributed by atoms with Gasteiger partial charge in [0.2, 0.25) is 5.91 Å². The number of nitrogens with one attached hydrogen (secondary N) is 1. The van der Waals surface area contributed by atoms with Crippen LogP contribution in [-0.2, 0) is 11.3 Å². The number of rotatable bonds is 8. The number of furan rings is 2. The average molecular weight is 372 g/mol. The largest absolute Gasteiger partial charge is 0.469 e. The van der Waals surface area contributed by atoms with E-state index >= 15 is 0 Å². The number of thioether (sulfide) groups is 1. The molecule has 1 atom stereocenters. The molecule has 8 heteroatoms. The van der Waals surface area contributed by atoms with Gasteiger partial charge in [0, 0.05) is 6.54 Å². The molecule has 1 amide bonds. The summed E-state index contributed by atoms with van der Waals surface area (Å²) in [6, 6.07) is 5.29. The second-order valence-electron chi connectivity index (χ2n) is 5.69. The van der Waals surface area contributed by atoms with Crippen molar-refractivity contribution in [3.8, 4) is 11.4 Å². The molecule has 136 valence electrons. The molecule has 0 saturated heterocycles. The van der Waals surface area contributed by atoms with Gasteiger partial charge >= 0.3 is 0 Å². The molecule has 0 aliphatic carbocycles. The molecule has 0 spiro atoms. The normalized spacial score (nSPS) is 12.1. The molecular weight excluding hydrogens is 352 g/mol. The lowest BCUT2D eigenvalue weighted by Crippen LogP contribution is -2.28. The van der Waals surface area contributed by atoms with Gasteiger partial charge in [-0.15, -0.1) is 16.8 Å². The molecular formula is C18H20N4O3S. The molecule has 1 N–H and O–H groups in total. The Hall–Kier alpha value is -2.74. The van der Waals surface area contributed by atoms with Gasteiger partial charge in [-0.05, 0) is 32.0 Å². The van der Waals surface area contributed by atoms with Gasteiger partial charge in [-0.3, -0.25) is 9.36 Å². The number of nitrogens with zero attached hydrogens (tertiary/aromatic N) is 3. The summed E-state index contributed by atoms with van der Waals surface area (Å²) in [6.07, 6.45) is 4.98. The molecule has 3 rings (SSSR count). The minimum absolute atomic E-state index is 0.104. The van der Waals surface area contributed by atoms with Crippen molar-refractivity contribution in [1.82, 2.24) is 20.1 Å². The van der Waals surface area contributed by atoms with Crippen LogP contribution in [0.5, 0.6) is 0 Å². The van der Waals surface area contributed by atoms with E-state index in [1.165, 1.54) is 11.8 Å². The van der Waals surface area contributed by atoms with Crippen LogP contribution in [0.15, 0.2) is 57.4 Å². The van der Waals surface area contributed by atoms with Crippen molar-refractivity contribution in [3.05, 3.63) is 54.9 Å². The maximum atomic E-state index is 12.2. The van der Waals surface area contributed by atoms with Gasteiger partial charge in [0.25, 0.3) is 0 Å². The Morgan fingerprint density at radius 1 is 1.38 bits per heavy atom. The fourth-order valence-electron chi connectivity index (χ4n) is 2.53. The Bertz CT molecular complexity index is 882. The monoisotopic (exact) mass is 372 g/mol. The summed E-state index contributed by atoms with van der Waals surface area (Å²) in [7, 11) is 0. The minimum Gasteiger partial charge on any atom is -0.469 e. The van der Waals surface area contributed by atoms with Crippen molar-refractivity contribution in [2.45, 2.75) is 31.6 Å². The standard InChI is InChI=1S/C18H20N4O3S/c1-4-8-22-17(14-7-10-24-13(14)3)20-21-18(22)26-11-16(23)19-12(2)15-6-5-9-25-15/h4-7,9-10,12H,1,8,11H2,2-3H3,(H,19,23). The Labute approximate surface area is 155 Å². The van der Waals surface area contributed by atoms with Gasteiger partial charge in [0.05, 0.1) is 29.9 Å². The molecule has 0 aromatic carbocycles. The third-order valence-corrected chi connectivity index (χ3v) is 4.77. The lowest BCUT2D eigenvalue weighted by molar-refractivity contribution is -0.119. The summed E-state index contributed by atoms with van der Waals surface area (Å²) in [6.45, 7) is 8.08. The first-order chi connectivity index (χ1) is 12.6. The van der Waals surface area contributed by atoms with Gasteiger partial charge in [-0.2, -0.15) is 0 Å². The first-order valence-electron chi connectivity index (χ1n) is 8.14. The first-order valence-corrected chi connectivity index (χ1v) is 9.12. The summed E-state index contributed by atoms with van der Waals surface area (Å²) in [5.41, 5.74) is 0.877. The van der Waals surface area contributed by atoms with Crippen molar-refractivity contribution < 1.29 is 13.6 Å². The maximum Gasteiger partial charge on any atom is 0.231 e. The van der Waals surface area contributed by atoms with E-state index in [1.54, 1.807) is 24.7 Å². The lowest BCUT2D eigenvalue weighted by atomic mass is 10.2. The molecule has 0 aliphatic heterocycles.